The maximum absolute atomic E-state index is 10.4. The van der Waals surface area contributed by atoms with E-state index in [-0.39, 0.29) is 36.2 Å². The molecule has 0 aromatic rings. The Morgan fingerprint density at radius 3 is 1.94 bits per heavy atom. The first-order chi connectivity index (χ1) is 7.06. The maximum atomic E-state index is 10.4. The molecule has 0 radical (unpaired) electrons. The summed E-state index contributed by atoms with van der Waals surface area (Å²) in [6.07, 6.45) is 9.38. The molecule has 1 atom stereocenters. The molecule has 92 valence electrons. The van der Waals surface area contributed by atoms with E-state index in [0.29, 0.717) is 0 Å². The smallest absolute Gasteiger partial charge is 0.748 e. The van der Waals surface area contributed by atoms with Gasteiger partial charge < -0.3 is 4.55 Å². The van der Waals surface area contributed by atoms with E-state index in [1.165, 1.54) is 32.1 Å². The Morgan fingerprint density at radius 2 is 1.50 bits per heavy atom. The topological polar surface area (TPSA) is 49.4 Å². The molecule has 1 unspecified atom stereocenters. The van der Waals surface area contributed by atoms with Crippen molar-refractivity contribution in [2.45, 2.75) is 58.3 Å². The van der Waals surface area contributed by atoms with Gasteiger partial charge in [-0.2, -0.15) is 0 Å². The molecule has 0 heterocycles. The van der Waals surface area contributed by atoms with Gasteiger partial charge in [-0.15, -0.1) is 0 Å². The first kappa shape index (κ1) is 19.6. The van der Waals surface area contributed by atoms with Crippen LogP contribution in [-0.2, 0) is 24.4 Å². The summed E-state index contributed by atoms with van der Waals surface area (Å²) in [5.41, 5.74) is 0. The number of rotatable bonds is 10. The van der Waals surface area contributed by atoms with Crippen molar-refractivity contribution in [2.75, 3.05) is 6.61 Å². The molecule has 0 saturated heterocycles. The van der Waals surface area contributed by atoms with Crippen LogP contribution in [-0.4, -0.2) is 15.4 Å². The molecule has 0 aliphatic carbocycles. The molecule has 0 amide bonds. The quantitative estimate of drug-likeness (QED) is 0.414. The zero-order valence-corrected chi connectivity index (χ0v) is 14.0. The summed E-state index contributed by atoms with van der Waals surface area (Å²) in [5.74, 6) is 0. The predicted molar refractivity (Wildman–Crippen MR) is 64.8 cm³/mol. The van der Waals surface area contributed by atoms with Crippen LogP contribution in [0.2, 0.25) is 0 Å². The van der Waals surface area contributed by atoms with E-state index >= 15 is 0 Å². The van der Waals surface area contributed by atoms with Crippen LogP contribution in [0.15, 0.2) is 0 Å². The molecule has 0 spiro atoms. The zero-order chi connectivity index (χ0) is 11.6. The van der Waals surface area contributed by atoms with Gasteiger partial charge in [0, 0.05) is 0 Å². The molecule has 0 aliphatic heterocycles. The third-order valence-electron chi connectivity index (χ3n) is 2.23. The molecular formula is C10H21NaO3S2. The average molecular weight is 276 g/mol. The van der Waals surface area contributed by atoms with Crippen LogP contribution >= 0.6 is 0 Å². The summed E-state index contributed by atoms with van der Waals surface area (Å²) in [5, 5.41) is 0. The van der Waals surface area contributed by atoms with Gasteiger partial charge in [0.05, 0.1) is 15.7 Å². The summed E-state index contributed by atoms with van der Waals surface area (Å²) in [7, 11) is -3.65. The van der Waals surface area contributed by atoms with E-state index in [1.54, 1.807) is 0 Å². The molecule has 0 fully saturated rings. The molecule has 3 nitrogen and oxygen atoms in total. The van der Waals surface area contributed by atoms with Crippen molar-refractivity contribution in [3.63, 3.8) is 0 Å². The standard InChI is InChI=1S/C10H22O3S2.Na/c1-2-3-4-5-6-7-8-9-10-13-15(11,12)14;/h2-10H2,1H3,(H,11,12,14);/q;+1/p-1. The van der Waals surface area contributed by atoms with Gasteiger partial charge in [0.25, 0.3) is 0 Å². The Hall–Kier alpha value is 1.29. The molecule has 0 aliphatic rings. The van der Waals surface area contributed by atoms with Gasteiger partial charge in [-0.3, -0.25) is 4.18 Å². The molecule has 0 aromatic heterocycles. The minimum Gasteiger partial charge on any atom is -0.748 e. The minimum absolute atomic E-state index is 0. The van der Waals surface area contributed by atoms with Crippen LogP contribution in [0.5, 0.6) is 0 Å². The molecule has 0 aromatic carbocycles. The van der Waals surface area contributed by atoms with Crippen LogP contribution in [0.4, 0.5) is 0 Å². The fourth-order valence-corrected chi connectivity index (χ4v) is 1.92. The molecular weight excluding hydrogens is 255 g/mol. The largest absolute Gasteiger partial charge is 1.00 e. The van der Waals surface area contributed by atoms with E-state index in [4.69, 9.17) is 0 Å². The van der Waals surface area contributed by atoms with Crippen LogP contribution < -0.4 is 29.6 Å². The Kier molecular flexibility index (Phi) is 15.6. The molecule has 0 saturated carbocycles. The van der Waals surface area contributed by atoms with Crippen molar-refractivity contribution in [3.8, 4) is 0 Å². The van der Waals surface area contributed by atoms with Gasteiger partial charge >= 0.3 is 29.6 Å². The fourth-order valence-electron chi connectivity index (χ4n) is 1.40. The van der Waals surface area contributed by atoms with Crippen molar-refractivity contribution in [3.05, 3.63) is 0 Å². The SMILES string of the molecule is CCCCCCCCCCOS(=O)([O-])=S.[Na+]. The molecule has 16 heavy (non-hydrogen) atoms. The van der Waals surface area contributed by atoms with Crippen molar-refractivity contribution in [1.82, 2.24) is 0 Å². The Bertz CT molecular complexity index is 230. The second kappa shape index (κ2) is 12.7. The number of hydrogen-bond donors (Lipinski definition) is 0. The van der Waals surface area contributed by atoms with Crippen LogP contribution in [0, 0.1) is 0 Å². The van der Waals surface area contributed by atoms with Gasteiger partial charge in [0.1, 0.15) is 0 Å². The van der Waals surface area contributed by atoms with Crippen LogP contribution in [0.3, 0.4) is 0 Å². The number of hydrogen-bond acceptors (Lipinski definition) is 4. The van der Waals surface area contributed by atoms with Gasteiger partial charge in [-0.1, -0.05) is 51.9 Å². The van der Waals surface area contributed by atoms with Crippen molar-refractivity contribution in [1.29, 1.82) is 0 Å². The monoisotopic (exact) mass is 276 g/mol. The summed E-state index contributed by atoms with van der Waals surface area (Å²) in [6, 6.07) is 0. The van der Waals surface area contributed by atoms with E-state index in [2.05, 4.69) is 22.3 Å². The van der Waals surface area contributed by atoms with Crippen molar-refractivity contribution < 1.29 is 42.5 Å². The van der Waals surface area contributed by atoms with Crippen LogP contribution in [0.25, 0.3) is 0 Å². The van der Waals surface area contributed by atoms with E-state index < -0.39 is 9.05 Å². The fraction of sp³-hybridized carbons (Fsp3) is 1.00. The van der Waals surface area contributed by atoms with Gasteiger partial charge in [-0.25, -0.2) is 4.21 Å². The maximum Gasteiger partial charge on any atom is 1.00 e. The zero-order valence-electron chi connectivity index (χ0n) is 10.4. The average Bonchev–Trinajstić information content (AvgIpc) is 2.14. The third-order valence-corrected chi connectivity index (χ3v) is 2.97. The van der Waals surface area contributed by atoms with Crippen LogP contribution in [0.1, 0.15) is 58.3 Å². The second-order valence-electron chi connectivity index (χ2n) is 3.71. The summed E-state index contributed by atoms with van der Waals surface area (Å²) in [4.78, 5) is 0. The molecule has 0 rings (SSSR count). The van der Waals surface area contributed by atoms with Gasteiger partial charge in [0.15, 0.2) is 0 Å². The summed E-state index contributed by atoms with van der Waals surface area (Å²) < 4.78 is 25.3. The van der Waals surface area contributed by atoms with E-state index in [0.717, 1.165) is 19.3 Å². The first-order valence-corrected chi connectivity index (χ1v) is 8.00. The Labute approximate surface area is 127 Å². The number of unbranched alkanes of at least 4 members (excludes halogenated alkanes) is 7. The van der Waals surface area contributed by atoms with E-state index in [9.17, 15) is 8.76 Å². The summed E-state index contributed by atoms with van der Waals surface area (Å²) >= 11 is 4.08. The van der Waals surface area contributed by atoms with Gasteiger partial charge in [-0.05, 0) is 17.6 Å². The normalized spacial score (nSPS) is 14.1. The Morgan fingerprint density at radius 1 is 1.06 bits per heavy atom. The first-order valence-electron chi connectivity index (χ1n) is 5.66. The molecule has 6 heteroatoms. The second-order valence-corrected chi connectivity index (χ2v) is 5.98. The third kappa shape index (κ3) is 17.7. The molecule has 0 N–H and O–H groups in total. The summed E-state index contributed by atoms with van der Waals surface area (Å²) in [6.45, 7) is 2.44. The molecule has 0 bridgehead atoms. The van der Waals surface area contributed by atoms with Gasteiger partial charge in [0.2, 0.25) is 0 Å². The van der Waals surface area contributed by atoms with E-state index in [1.807, 2.05) is 0 Å². The van der Waals surface area contributed by atoms with Crippen molar-refractivity contribution in [2.24, 2.45) is 0 Å². The predicted octanol–water partition coefficient (Wildman–Crippen LogP) is -0.0606. The minimum atomic E-state index is -3.65. The Balaban J connectivity index is 0. The van der Waals surface area contributed by atoms with Crippen molar-refractivity contribution >= 4 is 20.2 Å².